The van der Waals surface area contributed by atoms with E-state index >= 15 is 0 Å². The van der Waals surface area contributed by atoms with Crippen LogP contribution >= 0.6 is 0 Å². The summed E-state index contributed by atoms with van der Waals surface area (Å²) in [6.45, 7) is 2.48. The molecular formula is C12H17NO2S. The largest absolute Gasteiger partial charge is 0.309 e. The molecule has 0 spiro atoms. The third kappa shape index (κ3) is 2.62. The third-order valence-corrected chi connectivity index (χ3v) is 4.85. The van der Waals surface area contributed by atoms with Crippen molar-refractivity contribution < 1.29 is 8.42 Å². The molecule has 0 amide bonds. The minimum atomic E-state index is -2.88. The van der Waals surface area contributed by atoms with E-state index in [9.17, 15) is 8.42 Å². The lowest BCUT2D eigenvalue weighted by atomic mass is 9.97. The molecule has 1 unspecified atom stereocenters. The Labute approximate surface area is 96.8 Å². The number of nitrogens with one attached hydrogen (secondary N) is 1. The Hall–Kier alpha value is -0.870. The van der Waals surface area contributed by atoms with E-state index in [4.69, 9.17) is 0 Å². The lowest BCUT2D eigenvalue weighted by molar-refractivity contribution is 0.504. The van der Waals surface area contributed by atoms with Crippen molar-refractivity contribution in [2.45, 2.75) is 25.9 Å². The molecule has 1 aromatic carbocycles. The van der Waals surface area contributed by atoms with Crippen LogP contribution in [0.2, 0.25) is 0 Å². The van der Waals surface area contributed by atoms with Crippen molar-refractivity contribution in [3.05, 3.63) is 35.4 Å². The minimum absolute atomic E-state index is 0.0693. The fourth-order valence-corrected chi connectivity index (χ4v) is 3.15. The van der Waals surface area contributed by atoms with Crippen LogP contribution in [0.5, 0.6) is 0 Å². The summed E-state index contributed by atoms with van der Waals surface area (Å²) in [6.07, 6.45) is 0.815. The lowest BCUT2D eigenvalue weighted by Crippen LogP contribution is -2.40. The summed E-state index contributed by atoms with van der Waals surface area (Å²) >= 11 is 0. The van der Waals surface area contributed by atoms with Crippen molar-refractivity contribution in [3.8, 4) is 0 Å². The molecule has 3 nitrogen and oxygen atoms in total. The van der Waals surface area contributed by atoms with Gasteiger partial charge in [0.05, 0.1) is 5.75 Å². The first kappa shape index (κ1) is 11.6. The molecule has 88 valence electrons. The highest BCUT2D eigenvalue weighted by atomic mass is 32.2. The molecule has 0 saturated heterocycles. The summed E-state index contributed by atoms with van der Waals surface area (Å²) in [5, 5.41) is 3.29. The molecule has 1 aromatic rings. The fourth-order valence-electron chi connectivity index (χ4n) is 2.06. The molecule has 0 fully saturated rings. The van der Waals surface area contributed by atoms with E-state index in [2.05, 4.69) is 17.4 Å². The van der Waals surface area contributed by atoms with Gasteiger partial charge in [-0.05, 0) is 17.5 Å². The zero-order chi connectivity index (χ0) is 11.6. The molecule has 1 heterocycles. The van der Waals surface area contributed by atoms with Gasteiger partial charge in [-0.2, -0.15) is 0 Å². The van der Waals surface area contributed by atoms with E-state index in [1.807, 2.05) is 12.1 Å². The van der Waals surface area contributed by atoms with Gasteiger partial charge in [0.1, 0.15) is 0 Å². The van der Waals surface area contributed by atoms with Crippen molar-refractivity contribution >= 4 is 9.84 Å². The third-order valence-electron chi connectivity index (χ3n) is 3.06. The Morgan fingerprint density at radius 3 is 2.69 bits per heavy atom. The second-order valence-corrected chi connectivity index (χ2v) is 6.65. The van der Waals surface area contributed by atoms with Crippen LogP contribution in [0.3, 0.4) is 0 Å². The maximum absolute atomic E-state index is 11.5. The van der Waals surface area contributed by atoms with Crippen LogP contribution in [0.25, 0.3) is 0 Å². The Balaban J connectivity index is 2.09. The van der Waals surface area contributed by atoms with E-state index in [-0.39, 0.29) is 17.5 Å². The molecule has 4 heteroatoms. The highest BCUT2D eigenvalue weighted by molar-refractivity contribution is 7.91. The van der Waals surface area contributed by atoms with Crippen LogP contribution in [-0.4, -0.2) is 26.0 Å². The molecular weight excluding hydrogens is 222 g/mol. The Morgan fingerprint density at radius 2 is 2.00 bits per heavy atom. The number of rotatable bonds is 3. The topological polar surface area (TPSA) is 46.2 Å². The zero-order valence-electron chi connectivity index (χ0n) is 9.44. The van der Waals surface area contributed by atoms with Gasteiger partial charge in [0, 0.05) is 18.3 Å². The Kier molecular flexibility index (Phi) is 3.30. The second-order valence-electron chi connectivity index (χ2n) is 4.25. The maximum atomic E-state index is 11.5. The standard InChI is InChI=1S/C12H17NO2S/c1-2-16(14,15)9-12-7-10-5-3-4-6-11(10)8-13-12/h3-6,12-13H,2,7-9H2,1H3. The number of hydrogen-bond donors (Lipinski definition) is 1. The van der Waals surface area contributed by atoms with Gasteiger partial charge in [-0.25, -0.2) is 8.42 Å². The van der Waals surface area contributed by atoms with Crippen LogP contribution in [0, 0.1) is 0 Å². The molecule has 0 bridgehead atoms. The van der Waals surface area contributed by atoms with E-state index in [1.165, 1.54) is 11.1 Å². The zero-order valence-corrected chi connectivity index (χ0v) is 10.3. The van der Waals surface area contributed by atoms with Crippen molar-refractivity contribution in [3.63, 3.8) is 0 Å². The monoisotopic (exact) mass is 239 g/mol. The molecule has 0 aromatic heterocycles. The van der Waals surface area contributed by atoms with Gasteiger partial charge in [-0.3, -0.25) is 0 Å². The lowest BCUT2D eigenvalue weighted by Gasteiger charge is -2.25. The van der Waals surface area contributed by atoms with E-state index in [0.29, 0.717) is 0 Å². The molecule has 1 N–H and O–H groups in total. The van der Waals surface area contributed by atoms with Gasteiger partial charge in [0.2, 0.25) is 0 Å². The van der Waals surface area contributed by atoms with Crippen molar-refractivity contribution in [1.82, 2.24) is 5.32 Å². The molecule has 1 atom stereocenters. The van der Waals surface area contributed by atoms with Crippen LogP contribution in [0.4, 0.5) is 0 Å². The molecule has 2 rings (SSSR count). The minimum Gasteiger partial charge on any atom is -0.309 e. The molecule has 1 aliphatic rings. The predicted molar refractivity (Wildman–Crippen MR) is 65.1 cm³/mol. The van der Waals surface area contributed by atoms with Gasteiger partial charge in [0.25, 0.3) is 0 Å². The maximum Gasteiger partial charge on any atom is 0.151 e. The summed E-state index contributed by atoms with van der Waals surface area (Å²) < 4.78 is 23.1. The van der Waals surface area contributed by atoms with Crippen molar-refractivity contribution in [2.24, 2.45) is 0 Å². The number of sulfone groups is 1. The van der Waals surface area contributed by atoms with Gasteiger partial charge < -0.3 is 5.32 Å². The van der Waals surface area contributed by atoms with Gasteiger partial charge in [-0.1, -0.05) is 31.2 Å². The second kappa shape index (κ2) is 4.55. The molecule has 0 aliphatic carbocycles. The van der Waals surface area contributed by atoms with Crippen molar-refractivity contribution in [2.75, 3.05) is 11.5 Å². The SMILES string of the molecule is CCS(=O)(=O)CC1Cc2ccccc2CN1. The highest BCUT2D eigenvalue weighted by Crippen LogP contribution is 2.17. The van der Waals surface area contributed by atoms with Gasteiger partial charge >= 0.3 is 0 Å². The number of hydrogen-bond acceptors (Lipinski definition) is 3. The number of benzene rings is 1. The van der Waals surface area contributed by atoms with Crippen LogP contribution in [0.15, 0.2) is 24.3 Å². The average Bonchev–Trinajstić information content (AvgIpc) is 2.28. The average molecular weight is 239 g/mol. The predicted octanol–water partition coefficient (Wildman–Crippen LogP) is 1.14. The fraction of sp³-hybridized carbons (Fsp3) is 0.500. The summed E-state index contributed by atoms with van der Waals surface area (Å²) in [6, 6.07) is 8.27. The first-order chi connectivity index (χ1) is 7.61. The summed E-state index contributed by atoms with van der Waals surface area (Å²) in [5.41, 5.74) is 2.56. The Morgan fingerprint density at radius 1 is 1.31 bits per heavy atom. The van der Waals surface area contributed by atoms with Crippen LogP contribution in [0.1, 0.15) is 18.1 Å². The van der Waals surface area contributed by atoms with Crippen LogP contribution < -0.4 is 5.32 Å². The van der Waals surface area contributed by atoms with E-state index in [0.717, 1.165) is 13.0 Å². The van der Waals surface area contributed by atoms with E-state index < -0.39 is 9.84 Å². The molecule has 16 heavy (non-hydrogen) atoms. The number of fused-ring (bicyclic) bond motifs is 1. The summed E-state index contributed by atoms with van der Waals surface area (Å²) in [4.78, 5) is 0. The normalized spacial score (nSPS) is 20.4. The smallest absolute Gasteiger partial charge is 0.151 e. The molecule has 1 aliphatic heterocycles. The Bertz CT molecular complexity index is 468. The quantitative estimate of drug-likeness (QED) is 0.860. The first-order valence-corrected chi connectivity index (χ1v) is 7.43. The van der Waals surface area contributed by atoms with Gasteiger partial charge in [-0.15, -0.1) is 0 Å². The molecule has 0 saturated carbocycles. The molecule has 0 radical (unpaired) electrons. The summed E-state index contributed by atoms with van der Waals surface area (Å²) in [5.74, 6) is 0.477. The van der Waals surface area contributed by atoms with E-state index in [1.54, 1.807) is 6.92 Å². The first-order valence-electron chi connectivity index (χ1n) is 5.61. The van der Waals surface area contributed by atoms with Crippen molar-refractivity contribution in [1.29, 1.82) is 0 Å². The van der Waals surface area contributed by atoms with Gasteiger partial charge in [0.15, 0.2) is 9.84 Å². The van der Waals surface area contributed by atoms with Crippen LogP contribution in [-0.2, 0) is 22.8 Å². The summed E-state index contributed by atoms with van der Waals surface area (Å²) in [7, 11) is -2.88. The highest BCUT2D eigenvalue weighted by Gasteiger charge is 2.22.